The first-order valence-electron chi connectivity index (χ1n) is 6.66. The lowest BCUT2D eigenvalue weighted by Gasteiger charge is -2.28. The minimum atomic E-state index is -2.58. The van der Waals surface area contributed by atoms with Gasteiger partial charge in [-0.2, -0.15) is 0 Å². The fourth-order valence-corrected chi connectivity index (χ4v) is 2.48. The highest BCUT2D eigenvalue weighted by Crippen LogP contribution is 2.40. The number of hydrogen-bond donors (Lipinski definition) is 4. The molecule has 4 N–H and O–H groups in total. The number of aromatic carboxylic acids is 1. The summed E-state index contributed by atoms with van der Waals surface area (Å²) in [7, 11) is 0. The first kappa shape index (κ1) is 16.9. The molecule has 8 heteroatoms. The van der Waals surface area contributed by atoms with E-state index in [-0.39, 0.29) is 11.1 Å². The van der Waals surface area contributed by atoms with Crippen molar-refractivity contribution in [1.82, 2.24) is 0 Å². The van der Waals surface area contributed by atoms with Crippen molar-refractivity contribution in [2.24, 2.45) is 5.41 Å². The molecule has 0 bridgehead atoms. The third-order valence-electron chi connectivity index (χ3n) is 3.79. The van der Waals surface area contributed by atoms with Crippen LogP contribution in [-0.4, -0.2) is 44.3 Å². The Balaban J connectivity index is 2.58. The first-order valence-corrected chi connectivity index (χ1v) is 6.66. The van der Waals surface area contributed by atoms with Gasteiger partial charge in [-0.05, 0) is 35.8 Å². The fraction of sp³-hybridized carbons (Fsp3) is 0.125. The van der Waals surface area contributed by atoms with Gasteiger partial charge in [0.1, 0.15) is 0 Å². The van der Waals surface area contributed by atoms with Gasteiger partial charge in [0.05, 0.1) is 11.1 Å². The van der Waals surface area contributed by atoms with Crippen molar-refractivity contribution in [3.8, 4) is 0 Å². The van der Waals surface area contributed by atoms with Crippen LogP contribution in [0.3, 0.4) is 0 Å². The minimum Gasteiger partial charge on any atom is -0.480 e. The summed E-state index contributed by atoms with van der Waals surface area (Å²) in [5, 5.41) is 36.8. The van der Waals surface area contributed by atoms with Crippen molar-refractivity contribution in [3.63, 3.8) is 0 Å². The van der Waals surface area contributed by atoms with Crippen molar-refractivity contribution in [1.29, 1.82) is 0 Å². The third kappa shape index (κ3) is 2.65. The van der Waals surface area contributed by atoms with Gasteiger partial charge in [0.25, 0.3) is 0 Å². The smallest absolute Gasteiger partial charge is 0.335 e. The van der Waals surface area contributed by atoms with Gasteiger partial charge >= 0.3 is 23.9 Å². The predicted molar refractivity (Wildman–Crippen MR) is 79.4 cm³/mol. The van der Waals surface area contributed by atoms with Gasteiger partial charge in [0.15, 0.2) is 5.41 Å². The van der Waals surface area contributed by atoms with Gasteiger partial charge in [-0.25, -0.2) is 9.59 Å². The maximum atomic E-state index is 11.4. The highest BCUT2D eigenvalue weighted by molar-refractivity contribution is 6.12. The standard InChI is InChI=1S/C16H12O8/c17-12(18)10-3-1-2-8(6-10)9-4-5-16(14(21)22,15(23)24)11(7-9)13(19)20/h1-4,6-7H,5H2,(H,17,18)(H,19,20)(H,21,22)(H,23,24). The summed E-state index contributed by atoms with van der Waals surface area (Å²) in [6, 6.07) is 5.60. The Labute approximate surface area is 135 Å². The number of hydrogen-bond acceptors (Lipinski definition) is 4. The number of carboxylic acid groups (broad SMARTS) is 4. The number of aliphatic carboxylic acids is 3. The highest BCUT2D eigenvalue weighted by atomic mass is 16.4. The van der Waals surface area contributed by atoms with Gasteiger partial charge in [-0.3, -0.25) is 9.59 Å². The predicted octanol–water partition coefficient (Wildman–Crippen LogP) is 1.34. The highest BCUT2D eigenvalue weighted by Gasteiger charge is 2.53. The van der Waals surface area contributed by atoms with E-state index in [0.29, 0.717) is 5.56 Å². The number of rotatable bonds is 5. The summed E-state index contributed by atoms with van der Waals surface area (Å²) in [5.41, 5.74) is -2.82. The van der Waals surface area contributed by atoms with Crippen LogP contribution in [0.15, 0.2) is 42.0 Å². The topological polar surface area (TPSA) is 149 Å². The van der Waals surface area contributed by atoms with E-state index >= 15 is 0 Å². The zero-order chi connectivity index (χ0) is 18.1. The lowest BCUT2D eigenvalue weighted by molar-refractivity contribution is -0.163. The van der Waals surface area contributed by atoms with Gasteiger partial charge in [-0.1, -0.05) is 18.2 Å². The van der Waals surface area contributed by atoms with Gasteiger partial charge in [0.2, 0.25) is 0 Å². The summed E-state index contributed by atoms with van der Waals surface area (Å²) in [6.45, 7) is 0. The van der Waals surface area contributed by atoms with Crippen molar-refractivity contribution in [2.75, 3.05) is 0 Å². The Morgan fingerprint density at radius 3 is 2.04 bits per heavy atom. The number of allylic oxidation sites excluding steroid dienone is 3. The Morgan fingerprint density at radius 1 is 0.917 bits per heavy atom. The molecule has 0 heterocycles. The number of carboxylic acids is 4. The molecule has 0 unspecified atom stereocenters. The quantitative estimate of drug-likeness (QED) is 0.590. The molecule has 24 heavy (non-hydrogen) atoms. The molecule has 2 rings (SSSR count). The third-order valence-corrected chi connectivity index (χ3v) is 3.79. The van der Waals surface area contributed by atoms with Gasteiger partial charge < -0.3 is 20.4 Å². The summed E-state index contributed by atoms with van der Waals surface area (Å²) < 4.78 is 0. The van der Waals surface area contributed by atoms with E-state index in [1.54, 1.807) is 0 Å². The molecule has 1 aromatic rings. The Hall–Kier alpha value is -3.42. The van der Waals surface area contributed by atoms with E-state index in [9.17, 15) is 34.5 Å². The molecule has 0 saturated heterocycles. The maximum Gasteiger partial charge on any atom is 0.335 e. The van der Waals surface area contributed by atoms with Crippen LogP contribution in [0.1, 0.15) is 22.3 Å². The van der Waals surface area contributed by atoms with Crippen LogP contribution >= 0.6 is 0 Å². The molecule has 8 nitrogen and oxygen atoms in total. The van der Waals surface area contributed by atoms with Crippen LogP contribution in [0.5, 0.6) is 0 Å². The first-order chi connectivity index (χ1) is 11.2. The van der Waals surface area contributed by atoms with E-state index in [4.69, 9.17) is 5.11 Å². The van der Waals surface area contributed by atoms with E-state index in [0.717, 1.165) is 6.08 Å². The summed E-state index contributed by atoms with van der Waals surface area (Å²) >= 11 is 0. The second kappa shape index (κ2) is 5.99. The van der Waals surface area contributed by atoms with Crippen molar-refractivity contribution >= 4 is 29.5 Å². The van der Waals surface area contributed by atoms with Crippen LogP contribution in [0, 0.1) is 5.41 Å². The molecule has 0 aliphatic heterocycles. The van der Waals surface area contributed by atoms with E-state index < -0.39 is 41.3 Å². The molecule has 1 aliphatic carbocycles. The molecular formula is C16H12O8. The van der Waals surface area contributed by atoms with Crippen molar-refractivity contribution < 1.29 is 39.6 Å². The van der Waals surface area contributed by atoms with Crippen LogP contribution in [-0.2, 0) is 14.4 Å². The zero-order valence-electron chi connectivity index (χ0n) is 12.1. The largest absolute Gasteiger partial charge is 0.480 e. The van der Waals surface area contributed by atoms with E-state index in [2.05, 4.69) is 0 Å². The molecule has 1 aliphatic rings. The lowest BCUT2D eigenvalue weighted by Crippen LogP contribution is -2.44. The Kier molecular flexibility index (Phi) is 4.23. The van der Waals surface area contributed by atoms with Crippen LogP contribution in [0.4, 0.5) is 0 Å². The maximum absolute atomic E-state index is 11.4. The lowest BCUT2D eigenvalue weighted by atomic mass is 9.72. The number of carbonyl (C=O) groups is 4. The second-order valence-electron chi connectivity index (χ2n) is 5.13. The van der Waals surface area contributed by atoms with Crippen molar-refractivity contribution in [3.05, 3.63) is 53.1 Å². The minimum absolute atomic E-state index is 0.0352. The van der Waals surface area contributed by atoms with E-state index in [1.165, 1.54) is 30.3 Å². The Morgan fingerprint density at radius 2 is 1.54 bits per heavy atom. The fourth-order valence-electron chi connectivity index (χ4n) is 2.48. The molecular weight excluding hydrogens is 320 g/mol. The molecule has 0 fully saturated rings. The average Bonchev–Trinajstić information content (AvgIpc) is 2.53. The van der Waals surface area contributed by atoms with Gasteiger partial charge in [0, 0.05) is 0 Å². The average molecular weight is 332 g/mol. The van der Waals surface area contributed by atoms with E-state index in [1.807, 2.05) is 0 Å². The molecule has 0 saturated carbocycles. The molecule has 124 valence electrons. The van der Waals surface area contributed by atoms with Gasteiger partial charge in [-0.15, -0.1) is 0 Å². The number of benzene rings is 1. The monoisotopic (exact) mass is 332 g/mol. The molecule has 0 radical (unpaired) electrons. The van der Waals surface area contributed by atoms with Crippen LogP contribution in [0.25, 0.3) is 5.57 Å². The SMILES string of the molecule is O=C(O)C1=CC(c2cccc(C(=O)O)c2)=CCC1(C(=O)O)C(=O)O. The molecule has 0 atom stereocenters. The van der Waals surface area contributed by atoms with Crippen LogP contribution in [0.2, 0.25) is 0 Å². The summed E-state index contributed by atoms with van der Waals surface area (Å²) in [4.78, 5) is 45.3. The normalized spacial score (nSPS) is 15.8. The summed E-state index contributed by atoms with van der Waals surface area (Å²) in [5.74, 6) is -6.41. The second-order valence-corrected chi connectivity index (χ2v) is 5.13. The Bertz CT molecular complexity index is 801. The molecule has 0 amide bonds. The molecule has 0 spiro atoms. The summed E-state index contributed by atoms with van der Waals surface area (Å²) in [6.07, 6.45) is 1.66. The molecule has 1 aromatic carbocycles. The van der Waals surface area contributed by atoms with Crippen molar-refractivity contribution in [2.45, 2.75) is 6.42 Å². The zero-order valence-corrected chi connectivity index (χ0v) is 12.1. The molecule has 0 aromatic heterocycles. The van der Waals surface area contributed by atoms with Crippen LogP contribution < -0.4 is 0 Å².